The van der Waals surface area contributed by atoms with Crippen molar-refractivity contribution in [3.8, 4) is 5.75 Å². The van der Waals surface area contributed by atoms with Crippen LogP contribution in [0.25, 0.3) is 10.1 Å². The summed E-state index contributed by atoms with van der Waals surface area (Å²) in [5, 5.41) is 3.41. The van der Waals surface area contributed by atoms with Gasteiger partial charge in [-0.25, -0.2) is 4.39 Å². The molecule has 0 atom stereocenters. The zero-order valence-corrected chi connectivity index (χ0v) is 16.3. The number of carbonyl (C=O) groups excluding carboxylic acids is 1. The summed E-state index contributed by atoms with van der Waals surface area (Å²) in [5.74, 6) is 0.175. The van der Waals surface area contributed by atoms with Crippen LogP contribution in [0.4, 0.5) is 4.39 Å². The summed E-state index contributed by atoms with van der Waals surface area (Å²) in [4.78, 5) is 15.3. The summed E-state index contributed by atoms with van der Waals surface area (Å²) >= 11 is 1.30. The molecule has 0 aliphatic carbocycles. The van der Waals surface area contributed by atoms with E-state index in [1.807, 2.05) is 50.5 Å². The number of rotatable bonds is 8. The quantitative estimate of drug-likeness (QED) is 0.587. The molecule has 0 fully saturated rings. The van der Waals surface area contributed by atoms with Gasteiger partial charge in [-0.2, -0.15) is 0 Å². The topological polar surface area (TPSA) is 41.6 Å². The number of amides is 1. The third-order valence-electron chi connectivity index (χ3n) is 4.16. The van der Waals surface area contributed by atoms with Gasteiger partial charge in [0.2, 0.25) is 0 Å². The van der Waals surface area contributed by atoms with E-state index in [-0.39, 0.29) is 18.3 Å². The number of fused-ring (bicyclic) bond motifs is 1. The molecule has 0 saturated carbocycles. The molecule has 142 valence electrons. The van der Waals surface area contributed by atoms with Gasteiger partial charge in [-0.1, -0.05) is 24.3 Å². The molecule has 0 aliphatic heterocycles. The van der Waals surface area contributed by atoms with Crippen LogP contribution in [0.3, 0.4) is 0 Å². The fourth-order valence-electron chi connectivity index (χ4n) is 2.84. The van der Waals surface area contributed by atoms with E-state index in [0.29, 0.717) is 28.1 Å². The molecule has 6 heteroatoms. The van der Waals surface area contributed by atoms with Crippen molar-refractivity contribution in [3.63, 3.8) is 0 Å². The molecule has 1 aromatic heterocycles. The van der Waals surface area contributed by atoms with Gasteiger partial charge in [0.05, 0.1) is 4.88 Å². The largest absolute Gasteiger partial charge is 0.489 e. The van der Waals surface area contributed by atoms with E-state index in [0.717, 1.165) is 17.7 Å². The Labute approximate surface area is 162 Å². The van der Waals surface area contributed by atoms with E-state index in [9.17, 15) is 9.18 Å². The average molecular weight is 386 g/mol. The summed E-state index contributed by atoms with van der Waals surface area (Å²) < 4.78 is 21.0. The fourth-order valence-corrected chi connectivity index (χ4v) is 3.98. The molecule has 1 heterocycles. The van der Waals surface area contributed by atoms with Crippen molar-refractivity contribution >= 4 is 27.3 Å². The summed E-state index contributed by atoms with van der Waals surface area (Å²) in [6.45, 7) is 1.61. The van der Waals surface area contributed by atoms with E-state index in [1.165, 1.54) is 17.4 Å². The Bertz CT molecular complexity index is 909. The zero-order valence-electron chi connectivity index (χ0n) is 15.5. The number of nitrogens with one attached hydrogen (secondary N) is 1. The maximum atomic E-state index is 14.5. The monoisotopic (exact) mass is 386 g/mol. The molecule has 0 bridgehead atoms. The van der Waals surface area contributed by atoms with E-state index in [1.54, 1.807) is 6.07 Å². The highest BCUT2D eigenvalue weighted by Crippen LogP contribution is 2.34. The van der Waals surface area contributed by atoms with Crippen molar-refractivity contribution in [2.24, 2.45) is 0 Å². The number of benzene rings is 2. The molecule has 3 rings (SSSR count). The predicted octanol–water partition coefficient (Wildman–Crippen LogP) is 4.30. The first-order valence-electron chi connectivity index (χ1n) is 8.87. The van der Waals surface area contributed by atoms with Gasteiger partial charge in [0, 0.05) is 22.2 Å². The van der Waals surface area contributed by atoms with E-state index in [2.05, 4.69) is 10.2 Å². The van der Waals surface area contributed by atoms with Crippen molar-refractivity contribution in [2.45, 2.75) is 13.0 Å². The highest BCUT2D eigenvalue weighted by atomic mass is 32.1. The number of ether oxygens (including phenoxy) is 1. The lowest BCUT2D eigenvalue weighted by atomic mass is 10.1. The average Bonchev–Trinajstić information content (AvgIpc) is 3.04. The molecular formula is C21H23FN2O2S. The molecule has 1 amide bonds. The van der Waals surface area contributed by atoms with Gasteiger partial charge in [0.1, 0.15) is 18.2 Å². The Kier molecular flexibility index (Phi) is 6.42. The Balaban J connectivity index is 1.83. The number of para-hydroxylation sites is 1. The van der Waals surface area contributed by atoms with Crippen molar-refractivity contribution in [2.75, 3.05) is 27.2 Å². The Morgan fingerprint density at radius 2 is 1.93 bits per heavy atom. The highest BCUT2D eigenvalue weighted by Gasteiger charge is 2.21. The molecule has 3 aromatic rings. The normalized spacial score (nSPS) is 11.1. The molecule has 2 aromatic carbocycles. The Hall–Kier alpha value is -2.44. The minimum absolute atomic E-state index is 0.144. The fraction of sp³-hybridized carbons (Fsp3) is 0.286. The van der Waals surface area contributed by atoms with Crippen LogP contribution in [0.15, 0.2) is 48.5 Å². The van der Waals surface area contributed by atoms with Crippen LogP contribution in [0, 0.1) is 5.82 Å². The molecule has 0 radical (unpaired) electrons. The van der Waals surface area contributed by atoms with Crippen molar-refractivity contribution in [1.29, 1.82) is 0 Å². The Morgan fingerprint density at radius 3 is 2.67 bits per heavy atom. The number of carbonyl (C=O) groups is 1. The number of halogens is 1. The highest BCUT2D eigenvalue weighted by molar-refractivity contribution is 7.21. The van der Waals surface area contributed by atoms with Crippen LogP contribution < -0.4 is 10.1 Å². The maximum absolute atomic E-state index is 14.5. The van der Waals surface area contributed by atoms with Gasteiger partial charge in [-0.15, -0.1) is 11.3 Å². The van der Waals surface area contributed by atoms with Gasteiger partial charge in [-0.05, 0) is 51.3 Å². The van der Waals surface area contributed by atoms with Crippen LogP contribution in [0.1, 0.15) is 21.7 Å². The van der Waals surface area contributed by atoms with Crippen LogP contribution in [0.5, 0.6) is 5.75 Å². The maximum Gasteiger partial charge on any atom is 0.261 e. The van der Waals surface area contributed by atoms with Gasteiger partial charge in [0.25, 0.3) is 5.91 Å². The minimum Gasteiger partial charge on any atom is -0.489 e. The van der Waals surface area contributed by atoms with E-state index in [4.69, 9.17) is 4.74 Å². The summed E-state index contributed by atoms with van der Waals surface area (Å²) in [6, 6.07) is 14.2. The first-order chi connectivity index (χ1) is 13.1. The summed E-state index contributed by atoms with van der Waals surface area (Å²) in [7, 11) is 3.99. The third kappa shape index (κ3) is 4.84. The minimum atomic E-state index is -0.331. The van der Waals surface area contributed by atoms with Crippen LogP contribution >= 0.6 is 11.3 Å². The summed E-state index contributed by atoms with van der Waals surface area (Å²) in [5.41, 5.74) is 0.599. The molecular weight excluding hydrogens is 363 g/mol. The first kappa shape index (κ1) is 19.3. The van der Waals surface area contributed by atoms with Crippen LogP contribution in [0.2, 0.25) is 0 Å². The van der Waals surface area contributed by atoms with Crippen molar-refractivity contribution in [1.82, 2.24) is 10.2 Å². The third-order valence-corrected chi connectivity index (χ3v) is 5.36. The molecule has 0 unspecified atom stereocenters. The molecule has 1 N–H and O–H groups in total. The number of hydrogen-bond donors (Lipinski definition) is 1. The molecule has 0 aliphatic rings. The Morgan fingerprint density at radius 1 is 1.15 bits per heavy atom. The lowest BCUT2D eigenvalue weighted by Crippen LogP contribution is -2.27. The number of thiophene rings is 1. The first-order valence-corrected chi connectivity index (χ1v) is 9.68. The van der Waals surface area contributed by atoms with Crippen molar-refractivity contribution in [3.05, 3.63) is 64.8 Å². The van der Waals surface area contributed by atoms with Gasteiger partial charge >= 0.3 is 0 Å². The number of hydrogen-bond acceptors (Lipinski definition) is 4. The standard InChI is InChI=1S/C21H23FN2O2S/c1-24(2)13-7-12-23-21(25)20-16(14-26-15-8-4-3-5-9-15)19-17(22)10-6-11-18(19)27-20/h3-6,8-11H,7,12-14H2,1-2H3,(H,23,25). The number of nitrogens with zero attached hydrogens (tertiary/aromatic N) is 1. The second-order valence-corrected chi connectivity index (χ2v) is 7.59. The van der Waals surface area contributed by atoms with Crippen LogP contribution in [-0.4, -0.2) is 38.0 Å². The lowest BCUT2D eigenvalue weighted by Gasteiger charge is -2.11. The van der Waals surface area contributed by atoms with E-state index >= 15 is 0 Å². The van der Waals surface area contributed by atoms with Crippen molar-refractivity contribution < 1.29 is 13.9 Å². The smallest absolute Gasteiger partial charge is 0.261 e. The van der Waals surface area contributed by atoms with E-state index < -0.39 is 0 Å². The predicted molar refractivity (Wildman–Crippen MR) is 108 cm³/mol. The molecule has 0 spiro atoms. The summed E-state index contributed by atoms with van der Waals surface area (Å²) in [6.07, 6.45) is 0.855. The molecule has 27 heavy (non-hydrogen) atoms. The second kappa shape index (κ2) is 8.97. The van der Waals surface area contributed by atoms with Gasteiger partial charge in [0.15, 0.2) is 0 Å². The molecule has 4 nitrogen and oxygen atoms in total. The SMILES string of the molecule is CN(C)CCCNC(=O)c1sc2cccc(F)c2c1COc1ccccc1. The van der Waals surface area contributed by atoms with Crippen LogP contribution in [-0.2, 0) is 6.61 Å². The lowest BCUT2D eigenvalue weighted by molar-refractivity contribution is 0.0954. The molecule has 0 saturated heterocycles. The van der Waals surface area contributed by atoms with Gasteiger partial charge in [-0.3, -0.25) is 4.79 Å². The van der Waals surface area contributed by atoms with Gasteiger partial charge < -0.3 is 15.0 Å². The zero-order chi connectivity index (χ0) is 19.2. The second-order valence-electron chi connectivity index (χ2n) is 6.54.